The number of amides is 3. The van der Waals surface area contributed by atoms with E-state index in [4.69, 9.17) is 9.47 Å². The van der Waals surface area contributed by atoms with E-state index in [1.165, 1.54) is 11.4 Å². The predicted octanol–water partition coefficient (Wildman–Crippen LogP) is 6.66. The first-order valence-electron chi connectivity index (χ1n) is 16.9. The van der Waals surface area contributed by atoms with Crippen molar-refractivity contribution in [3.8, 4) is 5.75 Å². The molecule has 268 valence electrons. The van der Waals surface area contributed by atoms with Crippen LogP contribution in [0.3, 0.4) is 0 Å². The lowest BCUT2D eigenvalue weighted by Crippen LogP contribution is -2.48. The number of rotatable bonds is 8. The van der Waals surface area contributed by atoms with Gasteiger partial charge in [0.05, 0.1) is 36.1 Å². The fourth-order valence-electron chi connectivity index (χ4n) is 6.00. The van der Waals surface area contributed by atoms with Crippen LogP contribution in [0.4, 0.5) is 16.2 Å². The van der Waals surface area contributed by atoms with E-state index < -0.39 is 34.1 Å². The number of thiophene rings is 1. The number of hydrogen-bond acceptors (Lipinski definition) is 8. The van der Waals surface area contributed by atoms with Gasteiger partial charge in [0.25, 0.3) is 15.9 Å². The smallest absolute Gasteiger partial charge is 0.323 e. The number of aliphatic hydroxyl groups excluding tert-OH is 1. The van der Waals surface area contributed by atoms with Gasteiger partial charge in [-0.05, 0) is 74.2 Å². The molecule has 11 nitrogen and oxygen atoms in total. The molecule has 13 heteroatoms. The van der Waals surface area contributed by atoms with Crippen molar-refractivity contribution in [1.82, 2.24) is 9.21 Å². The average Bonchev–Trinajstić information content (AvgIpc) is 3.66. The lowest BCUT2D eigenvalue weighted by Gasteiger charge is -2.35. The van der Waals surface area contributed by atoms with E-state index in [0.717, 1.165) is 35.0 Å². The van der Waals surface area contributed by atoms with Crippen LogP contribution in [0.1, 0.15) is 50.4 Å². The van der Waals surface area contributed by atoms with Gasteiger partial charge in [-0.15, -0.1) is 11.3 Å². The van der Waals surface area contributed by atoms with Gasteiger partial charge in [0.1, 0.15) is 9.96 Å². The molecule has 0 saturated heterocycles. The summed E-state index contributed by atoms with van der Waals surface area (Å²) in [5, 5.41) is 19.6. The van der Waals surface area contributed by atoms with Gasteiger partial charge in [0, 0.05) is 43.7 Å². The number of carbonyl (C=O) groups is 2. The number of nitrogens with zero attached hydrogens (tertiary/aromatic N) is 2. The van der Waals surface area contributed by atoms with Gasteiger partial charge in [-0.1, -0.05) is 49.4 Å². The molecule has 0 bridgehead atoms. The van der Waals surface area contributed by atoms with Crippen LogP contribution in [0.25, 0.3) is 10.8 Å². The number of nitrogens with one attached hydrogen (secondary N) is 2. The zero-order chi connectivity index (χ0) is 35.8. The molecule has 0 unspecified atom stereocenters. The molecule has 3 N–H and O–H groups in total. The second-order valence-electron chi connectivity index (χ2n) is 12.8. The summed E-state index contributed by atoms with van der Waals surface area (Å²) in [7, 11) is -2.19. The Hall–Kier alpha value is -4.01. The van der Waals surface area contributed by atoms with Gasteiger partial charge < -0.3 is 30.1 Å². The van der Waals surface area contributed by atoms with Gasteiger partial charge in [0.15, 0.2) is 0 Å². The number of benzene rings is 3. The van der Waals surface area contributed by atoms with E-state index in [9.17, 15) is 23.1 Å². The van der Waals surface area contributed by atoms with E-state index in [2.05, 4.69) is 10.6 Å². The Balaban J connectivity index is 1.42. The number of likely N-dealkylation sites (N-methyl/N-ethyl adjacent to an activating group) is 1. The molecule has 1 aliphatic rings. The molecular formula is C37H46N4O7S2. The van der Waals surface area contributed by atoms with Gasteiger partial charge in [-0.25, -0.2) is 13.2 Å². The SMILES string of the molecule is C[C@@H]1CN([C@H](C)CO)C(=O)c2cc(NC(=O)Nc3cccc4ccccc34)ccc2O[C@@H](C)CCCCO[C@@H]1CN(C)S(=O)(=O)c1cccs1. The van der Waals surface area contributed by atoms with Gasteiger partial charge in [-0.2, -0.15) is 4.31 Å². The summed E-state index contributed by atoms with van der Waals surface area (Å²) in [6.45, 7) is 5.99. The fourth-order valence-corrected chi connectivity index (χ4v) is 8.38. The van der Waals surface area contributed by atoms with Crippen LogP contribution in [0.2, 0.25) is 0 Å². The first kappa shape index (κ1) is 37.3. The van der Waals surface area contributed by atoms with Crippen molar-refractivity contribution in [3.05, 3.63) is 83.7 Å². The Morgan fingerprint density at radius 2 is 1.84 bits per heavy atom. The van der Waals surface area contributed by atoms with Crippen molar-refractivity contribution in [2.24, 2.45) is 5.92 Å². The van der Waals surface area contributed by atoms with Gasteiger partial charge in [-0.3, -0.25) is 4.79 Å². The minimum Gasteiger partial charge on any atom is -0.490 e. The maximum atomic E-state index is 14.4. The van der Waals surface area contributed by atoms with Crippen molar-refractivity contribution in [3.63, 3.8) is 0 Å². The molecular weight excluding hydrogens is 677 g/mol. The third-order valence-corrected chi connectivity index (χ3v) is 12.1. The highest BCUT2D eigenvalue weighted by Gasteiger charge is 2.32. The largest absolute Gasteiger partial charge is 0.490 e. The maximum absolute atomic E-state index is 14.4. The number of fused-ring (bicyclic) bond motifs is 2. The fraction of sp³-hybridized carbons (Fsp3) is 0.405. The predicted molar refractivity (Wildman–Crippen MR) is 198 cm³/mol. The van der Waals surface area contributed by atoms with Crippen molar-refractivity contribution >= 4 is 55.4 Å². The van der Waals surface area contributed by atoms with Crippen LogP contribution in [-0.2, 0) is 14.8 Å². The zero-order valence-corrected chi connectivity index (χ0v) is 30.5. The van der Waals surface area contributed by atoms with Crippen LogP contribution in [0.15, 0.2) is 82.4 Å². The van der Waals surface area contributed by atoms with Crippen molar-refractivity contribution in [2.45, 2.75) is 62.5 Å². The minimum atomic E-state index is -3.72. The number of carbonyl (C=O) groups excluding carboxylic acids is 2. The highest BCUT2D eigenvalue weighted by molar-refractivity contribution is 7.91. The van der Waals surface area contributed by atoms with Crippen LogP contribution >= 0.6 is 11.3 Å². The molecule has 3 aromatic carbocycles. The van der Waals surface area contributed by atoms with Crippen LogP contribution in [0.5, 0.6) is 5.75 Å². The standard InChI is InChI=1S/C37H46N4O7S2/c1-25-22-41(26(2)24-42)36(43)31-21-29(38-37(44)39-32-15-9-13-28-12-5-6-14-30(28)32)17-18-33(31)48-27(3)11-7-8-19-47-34(25)23-40(4)50(45,46)35-16-10-20-49-35/h5-6,9-10,12-18,20-21,25-27,34,42H,7-8,11,19,22-24H2,1-4H3,(H2,38,39,44)/t25-,26-,27+,34-/m1/s1. The summed E-state index contributed by atoms with van der Waals surface area (Å²) < 4.78 is 40.7. The van der Waals surface area contributed by atoms with Crippen LogP contribution in [-0.4, -0.2) is 86.3 Å². The molecule has 0 radical (unpaired) electrons. The Kier molecular flexibility index (Phi) is 12.5. The highest BCUT2D eigenvalue weighted by Crippen LogP contribution is 2.30. The van der Waals surface area contributed by atoms with Crippen molar-refractivity contribution in [2.75, 3.05) is 44.0 Å². The Bertz CT molecular complexity index is 1860. The molecule has 0 fully saturated rings. The topological polar surface area (TPSA) is 138 Å². The summed E-state index contributed by atoms with van der Waals surface area (Å²) in [6.07, 6.45) is 1.50. The Morgan fingerprint density at radius 1 is 1.06 bits per heavy atom. The lowest BCUT2D eigenvalue weighted by molar-refractivity contribution is -0.00832. The Morgan fingerprint density at radius 3 is 2.60 bits per heavy atom. The molecule has 1 aliphatic heterocycles. The monoisotopic (exact) mass is 722 g/mol. The molecule has 0 saturated carbocycles. The molecule has 4 atom stereocenters. The van der Waals surface area contributed by atoms with E-state index in [0.29, 0.717) is 30.2 Å². The molecule has 1 aromatic heterocycles. The number of sulfonamides is 1. The molecule has 4 aromatic rings. The molecule has 0 spiro atoms. The first-order valence-corrected chi connectivity index (χ1v) is 19.2. The highest BCUT2D eigenvalue weighted by atomic mass is 32.2. The summed E-state index contributed by atoms with van der Waals surface area (Å²) in [5.41, 5.74) is 1.27. The van der Waals surface area contributed by atoms with E-state index >= 15 is 0 Å². The maximum Gasteiger partial charge on any atom is 0.323 e. The molecule has 3 amide bonds. The normalized spacial score (nSPS) is 20.1. The van der Waals surface area contributed by atoms with Crippen LogP contribution in [0, 0.1) is 5.92 Å². The number of anilines is 2. The third-order valence-electron chi connectivity index (χ3n) is 8.94. The minimum absolute atomic E-state index is 0.0902. The third kappa shape index (κ3) is 9.01. The summed E-state index contributed by atoms with van der Waals surface area (Å²) in [5.74, 6) is -0.334. The van der Waals surface area contributed by atoms with Crippen molar-refractivity contribution < 1.29 is 32.6 Å². The second-order valence-corrected chi connectivity index (χ2v) is 16.1. The van der Waals surface area contributed by atoms with Crippen molar-refractivity contribution in [1.29, 1.82) is 0 Å². The second kappa shape index (κ2) is 16.8. The summed E-state index contributed by atoms with van der Waals surface area (Å²) in [4.78, 5) is 29.2. The zero-order valence-electron chi connectivity index (χ0n) is 28.9. The number of urea groups is 1. The molecule has 2 heterocycles. The van der Waals surface area contributed by atoms with E-state index in [-0.39, 0.29) is 41.5 Å². The Labute approximate surface area is 298 Å². The van der Waals surface area contributed by atoms with E-state index in [1.54, 1.807) is 47.5 Å². The molecule has 0 aliphatic carbocycles. The van der Waals surface area contributed by atoms with Crippen LogP contribution < -0.4 is 15.4 Å². The lowest BCUT2D eigenvalue weighted by atomic mass is 10.0. The quantitative estimate of drug-likeness (QED) is 0.185. The molecule has 50 heavy (non-hydrogen) atoms. The average molecular weight is 723 g/mol. The van der Waals surface area contributed by atoms with Gasteiger partial charge in [0.2, 0.25) is 0 Å². The summed E-state index contributed by atoms with van der Waals surface area (Å²) in [6, 6.07) is 20.6. The number of hydrogen-bond donors (Lipinski definition) is 3. The first-order chi connectivity index (χ1) is 24.0. The number of ether oxygens (including phenoxy) is 2. The molecule has 5 rings (SSSR count). The summed E-state index contributed by atoms with van der Waals surface area (Å²) >= 11 is 1.16. The van der Waals surface area contributed by atoms with E-state index in [1.807, 2.05) is 56.3 Å². The number of aliphatic hydroxyl groups is 1. The van der Waals surface area contributed by atoms with Gasteiger partial charge >= 0.3 is 6.03 Å².